The van der Waals surface area contributed by atoms with Gasteiger partial charge in [-0.25, -0.2) is 9.67 Å². The van der Waals surface area contributed by atoms with E-state index < -0.39 is 11.9 Å². The second-order valence-electron chi connectivity index (χ2n) is 6.01. The van der Waals surface area contributed by atoms with Crippen LogP contribution >= 0.6 is 0 Å². The Hall–Kier alpha value is -3.68. The van der Waals surface area contributed by atoms with E-state index >= 15 is 0 Å². The lowest BCUT2D eigenvalue weighted by atomic mass is 10.2. The van der Waals surface area contributed by atoms with E-state index in [1.54, 1.807) is 48.7 Å². The summed E-state index contributed by atoms with van der Waals surface area (Å²) in [4.78, 5) is 15.9. The normalized spacial score (nSPS) is 11.5. The van der Waals surface area contributed by atoms with Crippen molar-refractivity contribution in [2.45, 2.75) is 6.18 Å². The molecule has 2 aromatic carbocycles. The third-order valence-electron chi connectivity index (χ3n) is 4.18. The molecule has 4 aromatic rings. The van der Waals surface area contributed by atoms with Gasteiger partial charge < -0.3 is 5.32 Å². The van der Waals surface area contributed by atoms with Crippen molar-refractivity contribution in [1.82, 2.24) is 14.8 Å². The zero-order chi connectivity index (χ0) is 19.7. The number of amides is 1. The highest BCUT2D eigenvalue weighted by atomic mass is 19.4. The van der Waals surface area contributed by atoms with Crippen LogP contribution in [0.15, 0.2) is 73.1 Å². The molecule has 0 aliphatic heterocycles. The summed E-state index contributed by atoms with van der Waals surface area (Å²) in [5, 5.41) is 7.74. The molecule has 0 atom stereocenters. The molecule has 1 N–H and O–H groups in total. The molecule has 0 aliphatic carbocycles. The van der Waals surface area contributed by atoms with Crippen LogP contribution in [0.3, 0.4) is 0 Å². The molecule has 140 valence electrons. The Morgan fingerprint density at radius 3 is 2.39 bits per heavy atom. The highest BCUT2D eigenvalue weighted by Crippen LogP contribution is 2.29. The van der Waals surface area contributed by atoms with Crippen LogP contribution in [-0.4, -0.2) is 20.7 Å². The topological polar surface area (TPSA) is 59.8 Å². The number of anilines is 1. The number of carbonyl (C=O) groups excluding carboxylic acids is 1. The molecule has 5 nitrogen and oxygen atoms in total. The highest BCUT2D eigenvalue weighted by Gasteiger charge is 2.32. The van der Waals surface area contributed by atoms with Crippen LogP contribution in [-0.2, 0) is 6.18 Å². The Labute approximate surface area is 157 Å². The number of benzene rings is 2. The molecule has 0 fully saturated rings. The molecule has 4 rings (SSSR count). The summed E-state index contributed by atoms with van der Waals surface area (Å²) in [5.74, 6) is -0.267. The van der Waals surface area contributed by atoms with Gasteiger partial charge in [0.1, 0.15) is 5.69 Å². The van der Waals surface area contributed by atoms with Crippen molar-refractivity contribution in [3.8, 4) is 5.69 Å². The predicted molar refractivity (Wildman–Crippen MR) is 98.3 cm³/mol. The van der Waals surface area contributed by atoms with Gasteiger partial charge in [0.15, 0.2) is 0 Å². The molecule has 0 aliphatic rings. The Kier molecular flexibility index (Phi) is 4.31. The van der Waals surface area contributed by atoms with Gasteiger partial charge >= 0.3 is 6.18 Å². The monoisotopic (exact) mass is 382 g/mol. The van der Waals surface area contributed by atoms with Gasteiger partial charge in [-0.05, 0) is 36.4 Å². The fourth-order valence-electron chi connectivity index (χ4n) is 2.83. The maximum Gasteiger partial charge on any atom is 0.433 e. The number of nitrogens with zero attached hydrogens (tertiary/aromatic N) is 3. The van der Waals surface area contributed by atoms with E-state index in [-0.39, 0.29) is 5.91 Å². The summed E-state index contributed by atoms with van der Waals surface area (Å²) in [6.45, 7) is 0. The van der Waals surface area contributed by atoms with Crippen LogP contribution in [0.2, 0.25) is 0 Å². The maximum atomic E-state index is 12.7. The molecule has 0 radical (unpaired) electrons. The van der Waals surface area contributed by atoms with Gasteiger partial charge in [0.25, 0.3) is 5.91 Å². The Morgan fingerprint density at radius 2 is 1.71 bits per heavy atom. The number of carbonyl (C=O) groups is 1. The fourth-order valence-corrected chi connectivity index (χ4v) is 2.83. The summed E-state index contributed by atoms with van der Waals surface area (Å²) in [7, 11) is 0. The van der Waals surface area contributed by atoms with E-state index in [4.69, 9.17) is 0 Å². The number of pyridine rings is 1. The smallest absolute Gasteiger partial charge is 0.321 e. The standard InChI is InChI=1S/C20H13F3N4O/c21-20(22,23)18-10-9-14(11-24-18)27-17-8-4-7-16(15(17)12-25-27)26-19(28)13-5-2-1-3-6-13/h1-12H,(H,26,28). The van der Waals surface area contributed by atoms with Gasteiger partial charge in [-0.2, -0.15) is 18.3 Å². The first-order valence-corrected chi connectivity index (χ1v) is 8.30. The van der Waals surface area contributed by atoms with Gasteiger partial charge in [0, 0.05) is 10.9 Å². The lowest BCUT2D eigenvalue weighted by molar-refractivity contribution is -0.141. The van der Waals surface area contributed by atoms with Crippen LogP contribution in [0.5, 0.6) is 0 Å². The maximum absolute atomic E-state index is 12.7. The molecule has 0 spiro atoms. The van der Waals surface area contributed by atoms with Crippen LogP contribution in [0, 0.1) is 0 Å². The third kappa shape index (κ3) is 3.32. The number of fused-ring (bicyclic) bond motifs is 1. The first-order valence-electron chi connectivity index (χ1n) is 8.30. The average molecular weight is 382 g/mol. The Bertz CT molecular complexity index is 1140. The molecular formula is C20H13F3N4O. The number of alkyl halides is 3. The molecule has 1 amide bonds. The summed E-state index contributed by atoms with van der Waals surface area (Å²) in [6, 6.07) is 16.2. The zero-order valence-corrected chi connectivity index (χ0v) is 14.3. The van der Waals surface area contributed by atoms with Crippen molar-refractivity contribution in [1.29, 1.82) is 0 Å². The third-order valence-corrected chi connectivity index (χ3v) is 4.18. The van der Waals surface area contributed by atoms with Crippen molar-refractivity contribution in [3.05, 3.63) is 84.3 Å². The summed E-state index contributed by atoms with van der Waals surface area (Å²) < 4.78 is 39.6. The van der Waals surface area contributed by atoms with Crippen LogP contribution < -0.4 is 5.32 Å². The van der Waals surface area contributed by atoms with E-state index in [0.29, 0.717) is 27.8 Å². The van der Waals surface area contributed by atoms with Crippen molar-refractivity contribution >= 4 is 22.5 Å². The molecular weight excluding hydrogens is 369 g/mol. The van der Waals surface area contributed by atoms with Crippen LogP contribution in [0.4, 0.5) is 18.9 Å². The second-order valence-corrected chi connectivity index (χ2v) is 6.01. The summed E-state index contributed by atoms with van der Waals surface area (Å²) >= 11 is 0. The minimum atomic E-state index is -4.50. The fraction of sp³-hybridized carbons (Fsp3) is 0.0500. The molecule has 28 heavy (non-hydrogen) atoms. The highest BCUT2D eigenvalue weighted by molar-refractivity contribution is 6.08. The van der Waals surface area contributed by atoms with Crippen molar-refractivity contribution in [2.24, 2.45) is 0 Å². The summed E-state index contributed by atoms with van der Waals surface area (Å²) in [5.41, 5.74) is 1.11. The first kappa shape index (κ1) is 17.7. The number of rotatable bonds is 3. The molecule has 0 saturated carbocycles. The van der Waals surface area contributed by atoms with E-state index in [2.05, 4.69) is 15.4 Å². The Balaban J connectivity index is 1.68. The number of hydrogen-bond acceptors (Lipinski definition) is 3. The number of nitrogens with one attached hydrogen (secondary N) is 1. The number of aromatic nitrogens is 3. The van der Waals surface area contributed by atoms with Crippen LogP contribution in [0.25, 0.3) is 16.6 Å². The van der Waals surface area contributed by atoms with E-state index in [1.165, 1.54) is 10.7 Å². The van der Waals surface area contributed by atoms with Gasteiger partial charge in [0.05, 0.1) is 29.3 Å². The van der Waals surface area contributed by atoms with Crippen molar-refractivity contribution < 1.29 is 18.0 Å². The lowest BCUT2D eigenvalue weighted by Gasteiger charge is -2.09. The molecule has 2 heterocycles. The van der Waals surface area contributed by atoms with E-state index in [0.717, 1.165) is 12.3 Å². The SMILES string of the molecule is O=C(Nc1cccc2c1cnn2-c1ccc(C(F)(F)F)nc1)c1ccccc1. The number of hydrogen-bond donors (Lipinski definition) is 1. The average Bonchev–Trinajstić information content (AvgIpc) is 3.13. The van der Waals surface area contributed by atoms with Gasteiger partial charge in [-0.3, -0.25) is 4.79 Å². The lowest BCUT2D eigenvalue weighted by Crippen LogP contribution is -2.11. The first-order chi connectivity index (χ1) is 13.4. The molecule has 8 heteroatoms. The number of halogens is 3. The van der Waals surface area contributed by atoms with E-state index in [1.807, 2.05) is 6.07 Å². The predicted octanol–water partition coefficient (Wildman–Crippen LogP) is 4.69. The second kappa shape index (κ2) is 6.80. The van der Waals surface area contributed by atoms with Gasteiger partial charge in [-0.15, -0.1) is 0 Å². The zero-order valence-electron chi connectivity index (χ0n) is 14.3. The van der Waals surface area contributed by atoms with E-state index in [9.17, 15) is 18.0 Å². The quantitative estimate of drug-likeness (QED) is 0.559. The molecule has 0 saturated heterocycles. The molecule has 0 bridgehead atoms. The minimum absolute atomic E-state index is 0.267. The van der Waals surface area contributed by atoms with Crippen molar-refractivity contribution in [2.75, 3.05) is 5.32 Å². The van der Waals surface area contributed by atoms with Crippen LogP contribution in [0.1, 0.15) is 16.1 Å². The van der Waals surface area contributed by atoms with Gasteiger partial charge in [0.2, 0.25) is 0 Å². The van der Waals surface area contributed by atoms with Crippen molar-refractivity contribution in [3.63, 3.8) is 0 Å². The summed E-state index contributed by atoms with van der Waals surface area (Å²) in [6.07, 6.45) is -1.84. The largest absolute Gasteiger partial charge is 0.433 e. The van der Waals surface area contributed by atoms with Gasteiger partial charge in [-0.1, -0.05) is 24.3 Å². The molecule has 0 unspecified atom stereocenters. The Morgan fingerprint density at radius 1 is 0.929 bits per heavy atom. The minimum Gasteiger partial charge on any atom is -0.321 e. The molecule has 2 aromatic heterocycles.